The normalized spacial score (nSPS) is 21.0. The van der Waals surface area contributed by atoms with Crippen LogP contribution in [0.3, 0.4) is 0 Å². The molecule has 2 atom stereocenters. The second kappa shape index (κ2) is 5.45. The van der Waals surface area contributed by atoms with E-state index in [2.05, 4.69) is 0 Å². The summed E-state index contributed by atoms with van der Waals surface area (Å²) in [6.45, 7) is 2.02. The van der Waals surface area contributed by atoms with Crippen molar-refractivity contribution < 1.29 is 13.5 Å². The van der Waals surface area contributed by atoms with Crippen molar-refractivity contribution in [3.05, 3.63) is 64.7 Å². The zero-order chi connectivity index (χ0) is 15.0. The lowest BCUT2D eigenvalue weighted by Gasteiger charge is -2.31. The molecule has 0 spiro atoms. The van der Waals surface area contributed by atoms with E-state index in [0.717, 1.165) is 22.4 Å². The van der Waals surface area contributed by atoms with Gasteiger partial charge in [0.25, 0.3) is 6.43 Å². The molecule has 0 amide bonds. The van der Waals surface area contributed by atoms with Crippen molar-refractivity contribution in [3.63, 3.8) is 0 Å². The molecule has 2 nitrogen and oxygen atoms in total. The molecule has 0 saturated carbocycles. The van der Waals surface area contributed by atoms with Gasteiger partial charge in [-0.1, -0.05) is 42.0 Å². The van der Waals surface area contributed by atoms with E-state index in [1.54, 1.807) is 12.1 Å². The minimum atomic E-state index is -2.45. The predicted molar refractivity (Wildman–Crippen MR) is 77.5 cm³/mol. The number of benzene rings is 2. The second-order valence-corrected chi connectivity index (χ2v) is 5.46. The van der Waals surface area contributed by atoms with E-state index in [4.69, 9.17) is 10.5 Å². The number of ether oxygens (including phenoxy) is 1. The molecular formula is C17H17F2NO. The van der Waals surface area contributed by atoms with Crippen molar-refractivity contribution in [3.8, 4) is 5.75 Å². The molecule has 0 saturated heterocycles. The van der Waals surface area contributed by atoms with Crippen LogP contribution in [-0.4, -0.2) is 0 Å². The molecule has 0 aliphatic carbocycles. The summed E-state index contributed by atoms with van der Waals surface area (Å²) in [5, 5.41) is 0. The first-order chi connectivity index (χ1) is 10.0. The molecule has 2 N–H and O–H groups in total. The van der Waals surface area contributed by atoms with Crippen molar-refractivity contribution in [2.24, 2.45) is 5.73 Å². The highest BCUT2D eigenvalue weighted by Crippen LogP contribution is 2.40. The van der Waals surface area contributed by atoms with Gasteiger partial charge >= 0.3 is 0 Å². The largest absolute Gasteiger partial charge is 0.485 e. The summed E-state index contributed by atoms with van der Waals surface area (Å²) in [6.07, 6.45) is -2.00. The third-order valence-corrected chi connectivity index (χ3v) is 3.86. The van der Waals surface area contributed by atoms with Crippen molar-refractivity contribution >= 4 is 0 Å². The van der Waals surface area contributed by atoms with E-state index >= 15 is 0 Å². The van der Waals surface area contributed by atoms with Crippen LogP contribution in [0, 0.1) is 6.92 Å². The molecule has 2 aromatic rings. The van der Waals surface area contributed by atoms with Gasteiger partial charge in [-0.15, -0.1) is 0 Å². The Bertz CT molecular complexity index is 640. The van der Waals surface area contributed by atoms with Gasteiger partial charge in [0.1, 0.15) is 11.9 Å². The van der Waals surface area contributed by atoms with Crippen molar-refractivity contribution in [1.29, 1.82) is 0 Å². The van der Waals surface area contributed by atoms with Gasteiger partial charge in [-0.05, 0) is 18.6 Å². The highest BCUT2D eigenvalue weighted by Gasteiger charge is 2.27. The average Bonchev–Trinajstić information content (AvgIpc) is 2.48. The smallest absolute Gasteiger partial charge is 0.263 e. The molecule has 2 aromatic carbocycles. The van der Waals surface area contributed by atoms with Gasteiger partial charge in [0.2, 0.25) is 0 Å². The lowest BCUT2D eigenvalue weighted by molar-refractivity contribution is 0.150. The van der Waals surface area contributed by atoms with Gasteiger partial charge in [-0.25, -0.2) is 8.78 Å². The first-order valence-electron chi connectivity index (χ1n) is 6.95. The molecule has 1 aliphatic heterocycles. The van der Waals surface area contributed by atoms with E-state index in [-0.39, 0.29) is 17.7 Å². The molecule has 1 aliphatic rings. The van der Waals surface area contributed by atoms with Gasteiger partial charge in [0.15, 0.2) is 0 Å². The molecule has 4 heteroatoms. The monoisotopic (exact) mass is 289 g/mol. The van der Waals surface area contributed by atoms with Crippen LogP contribution in [0.15, 0.2) is 42.5 Å². The Morgan fingerprint density at radius 2 is 1.86 bits per heavy atom. The molecule has 3 rings (SSSR count). The van der Waals surface area contributed by atoms with Gasteiger partial charge < -0.3 is 10.5 Å². The Hall–Kier alpha value is -1.94. The van der Waals surface area contributed by atoms with Crippen LogP contribution >= 0.6 is 0 Å². The first kappa shape index (κ1) is 14.0. The molecule has 2 unspecified atom stereocenters. The molecule has 0 bridgehead atoms. The number of nitrogens with two attached hydrogens (primary N) is 1. The van der Waals surface area contributed by atoms with Crippen LogP contribution in [0.25, 0.3) is 0 Å². The first-order valence-corrected chi connectivity index (χ1v) is 6.95. The fourth-order valence-electron chi connectivity index (χ4n) is 2.68. The third kappa shape index (κ3) is 2.76. The maximum absolute atomic E-state index is 12.6. The fraction of sp³-hybridized carbons (Fsp3) is 0.294. The van der Waals surface area contributed by atoms with Crippen molar-refractivity contribution in [2.75, 3.05) is 0 Å². The van der Waals surface area contributed by atoms with E-state index in [1.165, 1.54) is 12.1 Å². The maximum atomic E-state index is 12.6. The number of fused-ring (bicyclic) bond motifs is 1. The Balaban J connectivity index is 1.86. The molecule has 0 radical (unpaired) electrons. The lowest BCUT2D eigenvalue weighted by atomic mass is 9.92. The molecular weight excluding hydrogens is 272 g/mol. The highest BCUT2D eigenvalue weighted by atomic mass is 19.3. The summed E-state index contributed by atoms with van der Waals surface area (Å²) < 4.78 is 31.1. The van der Waals surface area contributed by atoms with Gasteiger partial charge in [0, 0.05) is 23.6 Å². The summed E-state index contributed by atoms with van der Waals surface area (Å²) >= 11 is 0. The molecule has 110 valence electrons. The average molecular weight is 289 g/mol. The Morgan fingerprint density at radius 1 is 1.14 bits per heavy atom. The number of halogens is 2. The zero-order valence-corrected chi connectivity index (χ0v) is 11.7. The van der Waals surface area contributed by atoms with Crippen molar-refractivity contribution in [2.45, 2.75) is 31.9 Å². The highest BCUT2D eigenvalue weighted by molar-refractivity contribution is 5.41. The molecule has 21 heavy (non-hydrogen) atoms. The number of hydrogen-bond acceptors (Lipinski definition) is 2. The van der Waals surface area contributed by atoms with Crippen LogP contribution in [0.2, 0.25) is 0 Å². The Labute approximate surface area is 122 Å². The van der Waals surface area contributed by atoms with Gasteiger partial charge in [0.05, 0.1) is 0 Å². The van der Waals surface area contributed by atoms with E-state index in [0.29, 0.717) is 6.42 Å². The van der Waals surface area contributed by atoms with E-state index < -0.39 is 6.43 Å². The predicted octanol–water partition coefficient (Wildman–Crippen LogP) is 4.46. The minimum absolute atomic E-state index is 0.0230. The third-order valence-electron chi connectivity index (χ3n) is 3.86. The SMILES string of the molecule is Cc1ccc2c(c1)C(N)CC(c1ccc(C(F)F)cc1)O2. The second-order valence-electron chi connectivity index (χ2n) is 5.46. The summed E-state index contributed by atoms with van der Waals surface area (Å²) in [7, 11) is 0. The standard InChI is InChI=1S/C17H17F2NO/c1-10-2-7-15-13(8-10)14(20)9-16(21-15)11-3-5-12(6-4-11)17(18)19/h2-8,14,16-17H,9,20H2,1H3. The van der Waals surface area contributed by atoms with E-state index in [1.807, 2.05) is 25.1 Å². The van der Waals surface area contributed by atoms with Crippen molar-refractivity contribution in [1.82, 2.24) is 0 Å². The number of alkyl halides is 2. The zero-order valence-electron chi connectivity index (χ0n) is 11.7. The summed E-state index contributed by atoms with van der Waals surface area (Å²) in [5.74, 6) is 0.780. The Morgan fingerprint density at radius 3 is 2.52 bits per heavy atom. The lowest BCUT2D eigenvalue weighted by Crippen LogP contribution is -2.24. The van der Waals surface area contributed by atoms with E-state index in [9.17, 15) is 8.78 Å². The van der Waals surface area contributed by atoms with Crippen LogP contribution in [0.1, 0.15) is 47.2 Å². The number of rotatable bonds is 2. The van der Waals surface area contributed by atoms with Crippen LogP contribution in [0.4, 0.5) is 8.78 Å². The van der Waals surface area contributed by atoms with Crippen LogP contribution in [-0.2, 0) is 0 Å². The van der Waals surface area contributed by atoms with Crippen LogP contribution in [0.5, 0.6) is 5.75 Å². The minimum Gasteiger partial charge on any atom is -0.485 e. The number of aryl methyl sites for hydroxylation is 1. The molecule has 0 fully saturated rings. The summed E-state index contributed by atoms with van der Waals surface area (Å²) in [5.41, 5.74) is 9.28. The van der Waals surface area contributed by atoms with Crippen LogP contribution < -0.4 is 10.5 Å². The summed E-state index contributed by atoms with van der Waals surface area (Å²) in [6, 6.07) is 12.1. The number of hydrogen-bond donors (Lipinski definition) is 1. The van der Waals surface area contributed by atoms with Gasteiger partial charge in [-0.3, -0.25) is 0 Å². The quantitative estimate of drug-likeness (QED) is 0.886. The molecule has 1 heterocycles. The molecule has 0 aromatic heterocycles. The fourth-order valence-corrected chi connectivity index (χ4v) is 2.68. The summed E-state index contributed by atoms with van der Waals surface area (Å²) in [4.78, 5) is 0. The topological polar surface area (TPSA) is 35.2 Å². The Kier molecular flexibility index (Phi) is 3.64. The van der Waals surface area contributed by atoms with Gasteiger partial charge in [-0.2, -0.15) is 0 Å². The maximum Gasteiger partial charge on any atom is 0.263 e.